The highest BCUT2D eigenvalue weighted by Gasteiger charge is 2.29. The standard InChI is InChI=1S/C16H16FN3O2/c1-19-11(10-20-8-4-7-14(20)16(19)22)9-18-15(21)12-5-2-3-6-13(12)17/h2-8,11H,9-10H2,1H3,(H,18,21). The van der Waals surface area contributed by atoms with Crippen LogP contribution in [0, 0.1) is 5.82 Å². The van der Waals surface area contributed by atoms with Crippen molar-refractivity contribution in [3.8, 4) is 0 Å². The Hall–Kier alpha value is -2.63. The number of carbonyl (C=O) groups excluding carboxylic acids is 2. The molecule has 1 unspecified atom stereocenters. The SMILES string of the molecule is CN1C(=O)c2cccn2CC1CNC(=O)c1ccccc1F. The molecule has 0 aliphatic carbocycles. The lowest BCUT2D eigenvalue weighted by Gasteiger charge is -2.33. The predicted molar refractivity (Wildman–Crippen MR) is 79.0 cm³/mol. The monoisotopic (exact) mass is 301 g/mol. The molecule has 1 aromatic carbocycles. The van der Waals surface area contributed by atoms with Gasteiger partial charge in [0.2, 0.25) is 0 Å². The molecule has 0 bridgehead atoms. The maximum absolute atomic E-state index is 13.6. The van der Waals surface area contributed by atoms with Gasteiger partial charge in [-0.1, -0.05) is 12.1 Å². The number of benzene rings is 1. The van der Waals surface area contributed by atoms with E-state index in [2.05, 4.69) is 5.32 Å². The van der Waals surface area contributed by atoms with Crippen molar-refractivity contribution in [2.24, 2.45) is 0 Å². The molecule has 2 amide bonds. The number of hydrogen-bond acceptors (Lipinski definition) is 2. The smallest absolute Gasteiger partial charge is 0.270 e. The first-order chi connectivity index (χ1) is 10.6. The van der Waals surface area contributed by atoms with Gasteiger partial charge in [-0.05, 0) is 24.3 Å². The Labute approximate surface area is 127 Å². The molecule has 1 aromatic heterocycles. The number of halogens is 1. The molecular formula is C16H16FN3O2. The van der Waals surface area contributed by atoms with Gasteiger partial charge in [-0.15, -0.1) is 0 Å². The predicted octanol–water partition coefficient (Wildman–Crippen LogP) is 1.51. The van der Waals surface area contributed by atoms with Crippen molar-refractivity contribution < 1.29 is 14.0 Å². The minimum absolute atomic E-state index is 0.00828. The molecule has 3 rings (SSSR count). The van der Waals surface area contributed by atoms with Crippen molar-refractivity contribution in [2.45, 2.75) is 12.6 Å². The topological polar surface area (TPSA) is 54.3 Å². The second-order valence-corrected chi connectivity index (χ2v) is 5.31. The van der Waals surface area contributed by atoms with E-state index in [1.807, 2.05) is 16.8 Å². The van der Waals surface area contributed by atoms with Crippen molar-refractivity contribution in [3.05, 3.63) is 59.7 Å². The van der Waals surface area contributed by atoms with Gasteiger partial charge in [-0.3, -0.25) is 9.59 Å². The lowest BCUT2D eigenvalue weighted by atomic mass is 10.1. The Morgan fingerprint density at radius 1 is 1.32 bits per heavy atom. The highest BCUT2D eigenvalue weighted by atomic mass is 19.1. The lowest BCUT2D eigenvalue weighted by Crippen LogP contribution is -2.50. The van der Waals surface area contributed by atoms with Crippen LogP contribution in [0.5, 0.6) is 0 Å². The summed E-state index contributed by atoms with van der Waals surface area (Å²) in [6, 6.07) is 9.26. The number of nitrogens with one attached hydrogen (secondary N) is 1. The van der Waals surface area contributed by atoms with Gasteiger partial charge in [-0.25, -0.2) is 4.39 Å². The zero-order valence-corrected chi connectivity index (χ0v) is 12.1. The number of fused-ring (bicyclic) bond motifs is 1. The molecule has 1 atom stereocenters. The van der Waals surface area contributed by atoms with Crippen LogP contribution in [0.3, 0.4) is 0 Å². The third kappa shape index (κ3) is 2.47. The van der Waals surface area contributed by atoms with E-state index in [0.29, 0.717) is 12.2 Å². The summed E-state index contributed by atoms with van der Waals surface area (Å²) in [6.45, 7) is 0.870. The van der Waals surface area contributed by atoms with Gasteiger partial charge in [0, 0.05) is 26.3 Å². The Morgan fingerprint density at radius 2 is 2.09 bits per heavy atom. The van der Waals surface area contributed by atoms with E-state index < -0.39 is 11.7 Å². The highest BCUT2D eigenvalue weighted by Crippen LogP contribution is 2.16. The first-order valence-electron chi connectivity index (χ1n) is 7.03. The van der Waals surface area contributed by atoms with Gasteiger partial charge in [0.25, 0.3) is 11.8 Å². The zero-order valence-electron chi connectivity index (χ0n) is 12.1. The van der Waals surface area contributed by atoms with Gasteiger partial charge in [-0.2, -0.15) is 0 Å². The van der Waals surface area contributed by atoms with Gasteiger partial charge in [0.1, 0.15) is 11.5 Å². The van der Waals surface area contributed by atoms with E-state index in [1.165, 1.54) is 18.2 Å². The maximum Gasteiger partial charge on any atom is 0.270 e. The fourth-order valence-corrected chi connectivity index (χ4v) is 2.62. The number of likely N-dealkylation sites (N-methyl/N-ethyl adjacent to an activating group) is 1. The van der Waals surface area contributed by atoms with E-state index in [-0.39, 0.29) is 24.1 Å². The van der Waals surface area contributed by atoms with Crippen LogP contribution >= 0.6 is 0 Å². The molecule has 6 heteroatoms. The molecule has 0 radical (unpaired) electrons. The van der Waals surface area contributed by atoms with Crippen molar-refractivity contribution in [1.82, 2.24) is 14.8 Å². The molecule has 1 aliphatic rings. The highest BCUT2D eigenvalue weighted by molar-refractivity contribution is 5.95. The zero-order chi connectivity index (χ0) is 15.7. The minimum atomic E-state index is -0.555. The number of rotatable bonds is 3. The van der Waals surface area contributed by atoms with Gasteiger partial charge < -0.3 is 14.8 Å². The largest absolute Gasteiger partial charge is 0.350 e. The first-order valence-corrected chi connectivity index (χ1v) is 7.03. The normalized spacial score (nSPS) is 17.3. The Balaban J connectivity index is 1.69. The second kappa shape index (κ2) is 5.63. The Bertz CT molecular complexity index is 726. The molecule has 2 aromatic rings. The third-order valence-electron chi connectivity index (χ3n) is 3.94. The summed E-state index contributed by atoms with van der Waals surface area (Å²) in [5.74, 6) is -1.11. The summed E-state index contributed by atoms with van der Waals surface area (Å²) >= 11 is 0. The summed E-state index contributed by atoms with van der Waals surface area (Å²) in [5, 5.41) is 2.70. The number of nitrogens with zero attached hydrogens (tertiary/aromatic N) is 2. The van der Waals surface area contributed by atoms with Crippen LogP contribution in [0.25, 0.3) is 0 Å². The molecule has 1 aliphatic heterocycles. The molecule has 1 N–H and O–H groups in total. The number of amides is 2. The molecule has 5 nitrogen and oxygen atoms in total. The van der Waals surface area contributed by atoms with Gasteiger partial charge in [0.15, 0.2) is 0 Å². The number of hydrogen-bond donors (Lipinski definition) is 1. The quantitative estimate of drug-likeness (QED) is 0.934. The summed E-state index contributed by atoms with van der Waals surface area (Å²) in [5.41, 5.74) is 0.646. The fourth-order valence-electron chi connectivity index (χ4n) is 2.62. The van der Waals surface area contributed by atoms with Crippen LogP contribution < -0.4 is 5.32 Å². The van der Waals surface area contributed by atoms with Crippen LogP contribution in [0.15, 0.2) is 42.6 Å². The van der Waals surface area contributed by atoms with Crippen LogP contribution in [-0.4, -0.2) is 40.9 Å². The van der Waals surface area contributed by atoms with Gasteiger partial charge >= 0.3 is 0 Å². The summed E-state index contributed by atoms with van der Waals surface area (Å²) in [4.78, 5) is 25.8. The van der Waals surface area contributed by atoms with Crippen molar-refractivity contribution in [1.29, 1.82) is 0 Å². The van der Waals surface area contributed by atoms with Crippen LogP contribution in [0.2, 0.25) is 0 Å². The van der Waals surface area contributed by atoms with Gasteiger partial charge in [0.05, 0.1) is 11.6 Å². The Kier molecular flexibility index (Phi) is 3.66. The average Bonchev–Trinajstić information content (AvgIpc) is 2.98. The maximum atomic E-state index is 13.6. The van der Waals surface area contributed by atoms with Crippen molar-refractivity contribution in [2.75, 3.05) is 13.6 Å². The van der Waals surface area contributed by atoms with E-state index >= 15 is 0 Å². The van der Waals surface area contributed by atoms with E-state index in [0.717, 1.165) is 0 Å². The average molecular weight is 301 g/mol. The first kappa shape index (κ1) is 14.3. The molecule has 0 fully saturated rings. The third-order valence-corrected chi connectivity index (χ3v) is 3.94. The Morgan fingerprint density at radius 3 is 2.86 bits per heavy atom. The minimum Gasteiger partial charge on any atom is -0.350 e. The van der Waals surface area contributed by atoms with Crippen LogP contribution in [-0.2, 0) is 6.54 Å². The van der Waals surface area contributed by atoms with Crippen molar-refractivity contribution >= 4 is 11.8 Å². The molecule has 114 valence electrons. The molecule has 2 heterocycles. The summed E-state index contributed by atoms with van der Waals surface area (Å²) < 4.78 is 15.4. The lowest BCUT2D eigenvalue weighted by molar-refractivity contribution is 0.0645. The summed E-state index contributed by atoms with van der Waals surface area (Å²) in [7, 11) is 1.71. The van der Waals surface area contributed by atoms with Crippen LogP contribution in [0.1, 0.15) is 20.8 Å². The van der Waals surface area contributed by atoms with E-state index in [4.69, 9.17) is 0 Å². The molecule has 22 heavy (non-hydrogen) atoms. The number of aromatic nitrogens is 1. The fraction of sp³-hybridized carbons (Fsp3) is 0.250. The van der Waals surface area contributed by atoms with Crippen molar-refractivity contribution in [3.63, 3.8) is 0 Å². The molecule has 0 saturated heterocycles. The number of carbonyl (C=O) groups is 2. The van der Waals surface area contributed by atoms with E-state index in [1.54, 1.807) is 24.1 Å². The molecule has 0 spiro atoms. The van der Waals surface area contributed by atoms with Crippen LogP contribution in [0.4, 0.5) is 4.39 Å². The molecule has 0 saturated carbocycles. The summed E-state index contributed by atoms with van der Waals surface area (Å²) in [6.07, 6.45) is 1.84. The molecular weight excluding hydrogens is 285 g/mol. The van der Waals surface area contributed by atoms with E-state index in [9.17, 15) is 14.0 Å². The second-order valence-electron chi connectivity index (χ2n) is 5.31.